The number of primary sulfonamides is 2. The van der Waals surface area contributed by atoms with Crippen molar-refractivity contribution in [2.75, 3.05) is 7.11 Å². The number of halogens is 1. The average Bonchev–Trinajstić information content (AvgIpc) is 3.60. The number of rotatable bonds is 8. The number of fused-ring (bicyclic) bond motifs is 2. The Hall–Kier alpha value is -5.34. The Morgan fingerprint density at radius 2 is 1.18 bits per heavy atom. The minimum atomic E-state index is -3.78. The number of carbonyl (C=O) groups excluding carboxylic acids is 1. The number of nitrogens with two attached hydrogens (primary N) is 2. The van der Waals surface area contributed by atoms with Crippen molar-refractivity contribution in [3.05, 3.63) is 111 Å². The van der Waals surface area contributed by atoms with E-state index in [2.05, 4.69) is 47.3 Å². The van der Waals surface area contributed by atoms with Gasteiger partial charge in [-0.2, -0.15) is 0 Å². The van der Waals surface area contributed by atoms with Crippen LogP contribution in [0.5, 0.6) is 11.8 Å². The Bertz CT molecular complexity index is 2560. The van der Waals surface area contributed by atoms with Crippen LogP contribution in [0.15, 0.2) is 111 Å². The van der Waals surface area contributed by atoms with E-state index in [1.54, 1.807) is 42.6 Å². The van der Waals surface area contributed by atoms with Gasteiger partial charge >= 0.3 is 5.97 Å². The molecule has 0 atom stereocenters. The summed E-state index contributed by atoms with van der Waals surface area (Å²) in [4.78, 5) is 25.7. The van der Waals surface area contributed by atoms with E-state index in [0.717, 1.165) is 14.5 Å². The SMILES string of the molecule is COC(=O)/C=C/c1cccc2[nH]c(O)c(C=Nc3ccc(S(N)(=O)=O)cc3)c12.NS(=O)(=O)c1ccc(N=Cc2c(O)[nH]c3cccc(I)c23)cc1. The highest BCUT2D eigenvalue weighted by atomic mass is 127. The molecule has 0 aliphatic carbocycles. The molecule has 0 fully saturated rings. The van der Waals surface area contributed by atoms with Crippen LogP contribution >= 0.6 is 22.6 Å². The van der Waals surface area contributed by atoms with Crippen LogP contribution in [-0.2, 0) is 29.6 Å². The summed E-state index contributed by atoms with van der Waals surface area (Å²) in [5.74, 6) is -0.547. The molecule has 2 aromatic heterocycles. The molecule has 0 aliphatic rings. The molecule has 0 radical (unpaired) electrons. The number of hydrogen-bond donors (Lipinski definition) is 6. The molecule has 51 heavy (non-hydrogen) atoms. The molecule has 0 unspecified atom stereocenters. The number of ether oxygens (including phenoxy) is 1. The quantitative estimate of drug-likeness (QED) is 0.0505. The second-order valence-electron chi connectivity index (χ2n) is 10.7. The summed E-state index contributed by atoms with van der Waals surface area (Å²) < 4.78 is 50.6. The van der Waals surface area contributed by atoms with Crippen LogP contribution < -0.4 is 10.3 Å². The Labute approximate surface area is 305 Å². The number of aromatic hydroxyl groups is 2. The molecule has 4 aromatic carbocycles. The van der Waals surface area contributed by atoms with Crippen LogP contribution in [0, 0.1) is 3.57 Å². The highest BCUT2D eigenvalue weighted by Gasteiger charge is 2.14. The Kier molecular flexibility index (Phi) is 11.1. The summed E-state index contributed by atoms with van der Waals surface area (Å²) in [6, 6.07) is 22.6. The number of nitrogens with zero attached hydrogens (tertiary/aromatic N) is 2. The zero-order chi connectivity index (χ0) is 36.9. The van der Waals surface area contributed by atoms with Crippen molar-refractivity contribution in [2.24, 2.45) is 20.3 Å². The van der Waals surface area contributed by atoms with Crippen LogP contribution in [0.1, 0.15) is 16.7 Å². The summed E-state index contributed by atoms with van der Waals surface area (Å²) in [5.41, 5.74) is 4.21. The lowest BCUT2D eigenvalue weighted by Crippen LogP contribution is -2.11. The molecule has 0 aliphatic heterocycles. The summed E-state index contributed by atoms with van der Waals surface area (Å²) in [5, 5.41) is 32.0. The highest BCUT2D eigenvalue weighted by Crippen LogP contribution is 2.31. The van der Waals surface area contributed by atoms with Crippen molar-refractivity contribution in [1.82, 2.24) is 9.97 Å². The molecule has 6 aromatic rings. The Morgan fingerprint density at radius 1 is 0.725 bits per heavy atom. The van der Waals surface area contributed by atoms with E-state index in [-0.39, 0.29) is 21.6 Å². The first-order valence-corrected chi connectivity index (χ1v) is 18.8. The van der Waals surface area contributed by atoms with Gasteiger partial charge in [0.1, 0.15) is 0 Å². The predicted molar refractivity (Wildman–Crippen MR) is 204 cm³/mol. The monoisotopic (exact) mass is 840 g/mol. The maximum absolute atomic E-state index is 11.4. The minimum absolute atomic E-state index is 0.0170. The lowest BCUT2D eigenvalue weighted by atomic mass is 10.1. The van der Waals surface area contributed by atoms with Gasteiger partial charge in [0.05, 0.1) is 44.9 Å². The van der Waals surface area contributed by atoms with Crippen molar-refractivity contribution < 1.29 is 36.6 Å². The number of sulfonamides is 2. The summed E-state index contributed by atoms with van der Waals surface area (Å²) in [6.07, 6.45) is 5.86. The first-order chi connectivity index (χ1) is 24.2. The van der Waals surface area contributed by atoms with E-state index < -0.39 is 26.0 Å². The molecule has 17 heteroatoms. The number of aromatic nitrogens is 2. The summed E-state index contributed by atoms with van der Waals surface area (Å²) >= 11 is 2.19. The number of esters is 1. The van der Waals surface area contributed by atoms with Crippen molar-refractivity contribution in [2.45, 2.75) is 9.79 Å². The largest absolute Gasteiger partial charge is 0.494 e. The smallest absolute Gasteiger partial charge is 0.330 e. The zero-order valence-electron chi connectivity index (χ0n) is 26.5. The van der Waals surface area contributed by atoms with Gasteiger partial charge in [0.15, 0.2) is 11.8 Å². The number of aromatic amines is 2. The number of hydrogen-bond acceptors (Lipinski definition) is 10. The first-order valence-electron chi connectivity index (χ1n) is 14.6. The van der Waals surface area contributed by atoms with Crippen molar-refractivity contribution in [1.29, 1.82) is 0 Å². The highest BCUT2D eigenvalue weighted by molar-refractivity contribution is 14.1. The van der Waals surface area contributed by atoms with Gasteiger partial charge in [-0.3, -0.25) is 9.98 Å². The molecule has 2 heterocycles. The third-order valence-corrected chi connectivity index (χ3v) is 10.0. The number of aliphatic imine (C=N–C) groups is 2. The molecule has 0 saturated carbocycles. The zero-order valence-corrected chi connectivity index (χ0v) is 30.3. The Balaban J connectivity index is 0.000000201. The molecule has 0 bridgehead atoms. The van der Waals surface area contributed by atoms with Crippen LogP contribution in [0.4, 0.5) is 11.4 Å². The molecular weight excluding hydrogens is 811 g/mol. The van der Waals surface area contributed by atoms with E-state index >= 15 is 0 Å². The fourth-order valence-corrected chi connectivity index (χ4v) is 6.66. The topological polar surface area (TPSA) is 243 Å². The van der Waals surface area contributed by atoms with Crippen molar-refractivity contribution in [3.8, 4) is 11.8 Å². The fraction of sp³-hybridized carbons (Fsp3) is 0.0294. The van der Waals surface area contributed by atoms with E-state index in [9.17, 15) is 31.8 Å². The van der Waals surface area contributed by atoms with Crippen LogP contribution in [-0.4, -0.2) is 62.5 Å². The maximum atomic E-state index is 11.4. The predicted octanol–water partition coefficient (Wildman–Crippen LogP) is 5.33. The van der Waals surface area contributed by atoms with Gasteiger partial charge in [0.25, 0.3) is 0 Å². The third kappa shape index (κ3) is 8.88. The number of methoxy groups -OCH3 is 1. The van der Waals surface area contributed by atoms with Crippen LogP contribution in [0.2, 0.25) is 0 Å². The number of carbonyl (C=O) groups is 1. The average molecular weight is 841 g/mol. The second kappa shape index (κ2) is 15.3. The molecule has 262 valence electrons. The lowest BCUT2D eigenvalue weighted by Gasteiger charge is -2.00. The second-order valence-corrected chi connectivity index (χ2v) is 14.9. The van der Waals surface area contributed by atoms with E-state index in [1.165, 1.54) is 55.8 Å². The normalized spacial score (nSPS) is 12.2. The van der Waals surface area contributed by atoms with Gasteiger partial charge in [-0.25, -0.2) is 31.9 Å². The minimum Gasteiger partial charge on any atom is -0.494 e. The first kappa shape index (κ1) is 36.9. The molecule has 0 spiro atoms. The van der Waals surface area contributed by atoms with E-state index in [1.807, 2.05) is 18.2 Å². The van der Waals surface area contributed by atoms with E-state index in [0.29, 0.717) is 39.0 Å². The molecule has 8 N–H and O–H groups in total. The lowest BCUT2D eigenvalue weighted by molar-refractivity contribution is -0.134. The van der Waals surface area contributed by atoms with Gasteiger partial charge < -0.3 is 24.9 Å². The molecule has 14 nitrogen and oxygen atoms in total. The third-order valence-electron chi connectivity index (χ3n) is 7.28. The Morgan fingerprint density at radius 3 is 1.65 bits per heavy atom. The molecule has 0 amide bonds. The number of H-pyrrole nitrogens is 2. The standard InChI is InChI=1S/C19H17N3O5S.C15H12IN3O3S/c1-27-17(23)10-5-12-3-2-4-16-18(12)15(19(24)22-16)11-21-13-6-8-14(9-7-13)28(20,25)26;16-12-2-1-3-13-14(12)11(15(20)19-13)8-18-9-4-6-10(7-5-9)23(17,21)22/h2-11,22,24H,1H3,(H2,20,25,26);1-8,19-20H,(H2,17,21,22)/b10-5+,21-11?;. The molecule has 6 rings (SSSR count). The van der Waals surface area contributed by atoms with Gasteiger partial charge in [-0.05, 0) is 101 Å². The fourth-order valence-electron chi connectivity index (χ4n) is 4.84. The summed E-state index contributed by atoms with van der Waals surface area (Å²) in [7, 11) is -6.21. The maximum Gasteiger partial charge on any atom is 0.330 e. The van der Waals surface area contributed by atoms with Gasteiger partial charge in [0, 0.05) is 38.4 Å². The van der Waals surface area contributed by atoms with Gasteiger partial charge in [0.2, 0.25) is 20.0 Å². The molecular formula is C34H29IN6O8S2. The molecule has 0 saturated heterocycles. The number of benzene rings is 4. The van der Waals surface area contributed by atoms with Crippen LogP contribution in [0.25, 0.3) is 27.9 Å². The van der Waals surface area contributed by atoms with Crippen molar-refractivity contribution in [3.63, 3.8) is 0 Å². The van der Waals surface area contributed by atoms with Crippen LogP contribution in [0.3, 0.4) is 0 Å². The van der Waals surface area contributed by atoms with Gasteiger partial charge in [-0.15, -0.1) is 0 Å². The van der Waals surface area contributed by atoms with Gasteiger partial charge in [-0.1, -0.05) is 18.2 Å². The van der Waals surface area contributed by atoms with E-state index in [4.69, 9.17) is 10.3 Å². The number of nitrogens with one attached hydrogen (secondary N) is 2. The summed E-state index contributed by atoms with van der Waals surface area (Å²) in [6.45, 7) is 0. The van der Waals surface area contributed by atoms with Crippen molar-refractivity contribution >= 4 is 100 Å².